The topological polar surface area (TPSA) is 0 Å². The first kappa shape index (κ1) is 31.6. The van der Waals surface area contributed by atoms with E-state index in [0.29, 0.717) is 3.67 Å². The maximum atomic E-state index is 3.70. The summed E-state index contributed by atoms with van der Waals surface area (Å²) < 4.78 is 5.86. The Balaban J connectivity index is 0.00000171. The van der Waals surface area contributed by atoms with E-state index in [9.17, 15) is 0 Å². The first-order valence-electron chi connectivity index (χ1n) is 14.3. The molecule has 0 saturated heterocycles. The third-order valence-corrected chi connectivity index (χ3v) is 21.9. The molecule has 5 heteroatoms. The van der Waals surface area contributed by atoms with E-state index in [1.54, 1.807) is 12.1 Å². The zero-order valence-corrected chi connectivity index (χ0v) is 31.9. The molecule has 6 aromatic carbocycles. The Bertz CT molecular complexity index is 2080. The molecule has 0 fully saturated rings. The Morgan fingerprint density at radius 3 is 1.70 bits per heavy atom. The van der Waals surface area contributed by atoms with Crippen LogP contribution in [0.5, 0.6) is 0 Å². The molecule has 6 aromatic rings. The van der Waals surface area contributed by atoms with Gasteiger partial charge in [0, 0.05) is 0 Å². The first-order valence-corrected chi connectivity index (χ1v) is 21.6. The number of allylic oxidation sites excluding steroid dienone is 4. The molecule has 0 aromatic heterocycles. The second-order valence-electron chi connectivity index (χ2n) is 11.0. The van der Waals surface area contributed by atoms with E-state index in [1.807, 2.05) is 0 Å². The third-order valence-electron chi connectivity index (χ3n) is 8.74. The van der Waals surface area contributed by atoms with Crippen molar-refractivity contribution in [3.8, 4) is 11.1 Å². The van der Waals surface area contributed by atoms with Gasteiger partial charge in [0.2, 0.25) is 0 Å². The molecule has 0 radical (unpaired) electrons. The molecule has 44 heavy (non-hydrogen) atoms. The summed E-state index contributed by atoms with van der Waals surface area (Å²) >= 11 is 4.39. The van der Waals surface area contributed by atoms with Gasteiger partial charge in [-0.3, -0.25) is 0 Å². The van der Waals surface area contributed by atoms with Crippen molar-refractivity contribution in [2.75, 3.05) is 0 Å². The Kier molecular flexibility index (Phi) is 9.43. The number of hydrogen-bond acceptors (Lipinski definition) is 0. The predicted octanol–water partition coefficient (Wildman–Crippen LogP) is 5.33. The molecule has 0 amide bonds. The molecule has 0 saturated carbocycles. The van der Waals surface area contributed by atoms with Crippen molar-refractivity contribution in [1.82, 2.24) is 0 Å². The molecule has 0 heterocycles. The summed E-state index contributed by atoms with van der Waals surface area (Å²) in [6, 6.07) is 45.6. The zero-order valence-electron chi connectivity index (χ0n) is 23.6. The average Bonchev–Trinajstić information content (AvgIpc) is 3.69. The molecular formula is C39H26Br2Cl2Hf. The minimum absolute atomic E-state index is 0. The fourth-order valence-corrected chi connectivity index (χ4v) is 20.9. The molecule has 0 nitrogen and oxygen atoms in total. The number of hydrogen-bond donors (Lipinski definition) is 0. The average molecular weight is 904 g/mol. The molecule has 0 aliphatic heterocycles. The smallest absolute Gasteiger partial charge is 1.00 e. The van der Waals surface area contributed by atoms with Crippen LogP contribution in [0, 0.1) is 0 Å². The van der Waals surface area contributed by atoms with Crippen LogP contribution in [0.1, 0.15) is 32.3 Å². The minimum Gasteiger partial charge on any atom is -1.00 e. The monoisotopic (exact) mass is 902 g/mol. The van der Waals surface area contributed by atoms with Crippen molar-refractivity contribution in [3.63, 3.8) is 0 Å². The van der Waals surface area contributed by atoms with Gasteiger partial charge < -0.3 is 24.8 Å². The van der Waals surface area contributed by atoms with Crippen LogP contribution in [0.2, 0.25) is 0 Å². The Labute approximate surface area is 295 Å². The van der Waals surface area contributed by atoms with E-state index >= 15 is 0 Å². The van der Waals surface area contributed by atoms with Gasteiger partial charge in [0.25, 0.3) is 0 Å². The second-order valence-corrected chi connectivity index (χ2v) is 22.0. The minimum atomic E-state index is -3.02. The Morgan fingerprint density at radius 1 is 0.591 bits per heavy atom. The number of halogens is 4. The van der Waals surface area contributed by atoms with Crippen molar-refractivity contribution in [1.29, 1.82) is 0 Å². The van der Waals surface area contributed by atoms with Crippen molar-refractivity contribution >= 4 is 56.7 Å². The van der Waals surface area contributed by atoms with Crippen LogP contribution in [0.25, 0.3) is 32.7 Å². The van der Waals surface area contributed by atoms with Crippen LogP contribution in [0.4, 0.5) is 0 Å². The summed E-state index contributed by atoms with van der Waals surface area (Å²) in [6.45, 7) is 0. The normalized spacial score (nSPS) is 14.2. The van der Waals surface area contributed by atoms with E-state index < -0.39 is 21.0 Å². The summed E-state index contributed by atoms with van der Waals surface area (Å²) in [7, 11) is 0. The Hall–Kier alpha value is -2.40. The molecule has 0 N–H and O–H groups in total. The van der Waals surface area contributed by atoms with Crippen LogP contribution < -0.4 is 24.8 Å². The molecule has 1 atom stereocenters. The van der Waals surface area contributed by atoms with E-state index in [1.165, 1.54) is 49.4 Å². The van der Waals surface area contributed by atoms with Gasteiger partial charge in [0.05, 0.1) is 0 Å². The van der Waals surface area contributed by atoms with Crippen LogP contribution >= 0.6 is 31.9 Å². The third kappa shape index (κ3) is 5.29. The molecular weight excluding hydrogens is 878 g/mol. The standard InChI is InChI=1S/C21H13.C13H8Br2.C5H5.2ClH.Hf/c1-2-8-15-14(7-1)13-20-18-11-4-3-9-16(18)17-10-5-6-12-19(17)21(15)20;14-12-5-1-10(2-6-12)9-11-3-7-13(15)8-4-11;1-2-4-5-3-1;;;/h1-13H;1-8H;1-3H,4H2;2*1H;/q;;;;;+2/p-2. The SMILES string of the molecule is Brc1ccc([C](c2ccc(Br)cc2)=[Hf+2]([C]2=CC=CC2)[CH]2c3ccccc3-c3c2c2ccccc2c2ccccc32)cc1.[Cl-].[Cl-]. The first-order chi connectivity index (χ1) is 20.7. The summed E-state index contributed by atoms with van der Waals surface area (Å²) in [4.78, 5) is 0. The maximum absolute atomic E-state index is 3.70. The van der Waals surface area contributed by atoms with Gasteiger partial charge in [-0.05, 0) is 0 Å². The molecule has 1 unspecified atom stereocenters. The number of fused-ring (bicyclic) bond motifs is 8. The second kappa shape index (κ2) is 13.1. The van der Waals surface area contributed by atoms with Crippen molar-refractivity contribution in [2.45, 2.75) is 10.1 Å². The molecule has 214 valence electrons. The Morgan fingerprint density at radius 2 is 1.11 bits per heavy atom. The molecule has 2 aliphatic carbocycles. The van der Waals surface area contributed by atoms with Crippen molar-refractivity contribution < 1.29 is 45.8 Å². The van der Waals surface area contributed by atoms with Gasteiger partial charge in [0.15, 0.2) is 0 Å². The van der Waals surface area contributed by atoms with E-state index in [4.69, 9.17) is 0 Å². The van der Waals surface area contributed by atoms with E-state index in [0.717, 1.165) is 15.4 Å². The quantitative estimate of drug-likeness (QED) is 0.166. The van der Waals surface area contributed by atoms with Gasteiger partial charge in [-0.2, -0.15) is 0 Å². The van der Waals surface area contributed by atoms with Gasteiger partial charge in [-0.25, -0.2) is 0 Å². The fourth-order valence-electron chi connectivity index (χ4n) is 7.04. The number of rotatable bonds is 4. The van der Waals surface area contributed by atoms with Crippen LogP contribution in [0.15, 0.2) is 152 Å². The van der Waals surface area contributed by atoms with E-state index in [-0.39, 0.29) is 24.8 Å². The van der Waals surface area contributed by atoms with Crippen LogP contribution in [-0.2, 0) is 21.0 Å². The van der Waals surface area contributed by atoms with E-state index in [2.05, 4.69) is 171 Å². The summed E-state index contributed by atoms with van der Waals surface area (Å²) in [5.74, 6) is 0. The molecule has 8 rings (SSSR count). The molecule has 0 bridgehead atoms. The van der Waals surface area contributed by atoms with Gasteiger partial charge in [0.1, 0.15) is 0 Å². The summed E-state index contributed by atoms with van der Waals surface area (Å²) in [5.41, 5.74) is 8.63. The molecule has 2 aliphatic rings. The predicted molar refractivity (Wildman–Crippen MR) is 182 cm³/mol. The van der Waals surface area contributed by atoms with Gasteiger partial charge in [-0.15, -0.1) is 0 Å². The van der Waals surface area contributed by atoms with Gasteiger partial charge >= 0.3 is 273 Å². The van der Waals surface area contributed by atoms with Crippen molar-refractivity contribution in [3.05, 3.63) is 174 Å². The maximum Gasteiger partial charge on any atom is -1.00 e. The summed E-state index contributed by atoms with van der Waals surface area (Å²) in [5, 5.41) is 5.50. The van der Waals surface area contributed by atoms with Crippen LogP contribution in [0.3, 0.4) is 0 Å². The molecule has 0 spiro atoms. The largest absolute Gasteiger partial charge is 1.00 e. The number of benzene rings is 6. The zero-order chi connectivity index (χ0) is 28.2. The van der Waals surface area contributed by atoms with Crippen LogP contribution in [-0.4, -0.2) is 3.26 Å². The van der Waals surface area contributed by atoms with Crippen molar-refractivity contribution in [2.24, 2.45) is 0 Å². The van der Waals surface area contributed by atoms with Gasteiger partial charge in [-0.1, -0.05) is 0 Å². The fraction of sp³-hybridized carbons (Fsp3) is 0.0513. The summed E-state index contributed by atoms with van der Waals surface area (Å²) in [6.07, 6.45) is 8.17.